The van der Waals surface area contributed by atoms with Crippen molar-refractivity contribution < 1.29 is 4.79 Å². The Kier molecular flexibility index (Phi) is 5.45. The summed E-state index contributed by atoms with van der Waals surface area (Å²) in [4.78, 5) is 24.5. The summed E-state index contributed by atoms with van der Waals surface area (Å²) in [7, 11) is 1.85. The van der Waals surface area contributed by atoms with Gasteiger partial charge in [0.05, 0.1) is 28.8 Å². The molecule has 3 heterocycles. The van der Waals surface area contributed by atoms with Gasteiger partial charge < -0.3 is 15.6 Å². The van der Waals surface area contributed by atoms with E-state index in [0.717, 1.165) is 40.4 Å². The lowest BCUT2D eigenvalue weighted by Crippen LogP contribution is -2.23. The molecule has 0 spiro atoms. The van der Waals surface area contributed by atoms with Crippen LogP contribution in [0.15, 0.2) is 42.0 Å². The maximum atomic E-state index is 12.2. The standard InChI is InChI=1S/C19H21N7OS/c1-26-11-13(9-22-26)8-21-19(27)16-12-28-18(25-16)6-7-20-10-17-23-14-4-2-3-5-15(14)24-17/h2-5,9,11-12,20H,6-8,10H2,1H3,(H,21,27)(H,23,24). The minimum atomic E-state index is -0.165. The van der Waals surface area contributed by atoms with Crippen molar-refractivity contribution in [3.8, 4) is 0 Å². The highest BCUT2D eigenvalue weighted by molar-refractivity contribution is 7.09. The Morgan fingerprint density at radius 1 is 1.25 bits per heavy atom. The topological polar surface area (TPSA) is 101 Å². The van der Waals surface area contributed by atoms with Gasteiger partial charge in [0.1, 0.15) is 11.5 Å². The molecule has 0 aliphatic heterocycles. The summed E-state index contributed by atoms with van der Waals surface area (Å²) in [6.45, 7) is 1.87. The molecular weight excluding hydrogens is 374 g/mol. The summed E-state index contributed by atoms with van der Waals surface area (Å²) < 4.78 is 1.71. The second-order valence-corrected chi connectivity index (χ2v) is 7.40. The Labute approximate surface area is 166 Å². The molecule has 144 valence electrons. The molecule has 0 atom stereocenters. The van der Waals surface area contributed by atoms with Gasteiger partial charge in [0, 0.05) is 43.7 Å². The number of imidazole rings is 1. The van der Waals surface area contributed by atoms with Crippen molar-refractivity contribution in [3.63, 3.8) is 0 Å². The first-order valence-corrected chi connectivity index (χ1v) is 9.90. The average Bonchev–Trinajstić information content (AvgIpc) is 3.42. The third kappa shape index (κ3) is 4.44. The average molecular weight is 395 g/mol. The number of fused-ring (bicyclic) bond motifs is 1. The van der Waals surface area contributed by atoms with E-state index in [1.807, 2.05) is 37.5 Å². The number of nitrogens with zero attached hydrogens (tertiary/aromatic N) is 4. The normalized spacial score (nSPS) is 11.2. The number of nitrogens with one attached hydrogen (secondary N) is 3. The van der Waals surface area contributed by atoms with Crippen molar-refractivity contribution in [2.75, 3.05) is 6.54 Å². The van der Waals surface area contributed by atoms with E-state index in [2.05, 4.69) is 30.7 Å². The molecule has 0 aliphatic rings. The molecule has 1 aromatic carbocycles. The molecular formula is C19H21N7OS. The van der Waals surface area contributed by atoms with Crippen molar-refractivity contribution in [2.24, 2.45) is 7.05 Å². The number of thiazole rings is 1. The number of aryl methyl sites for hydroxylation is 1. The van der Waals surface area contributed by atoms with E-state index in [0.29, 0.717) is 18.8 Å². The molecule has 9 heteroatoms. The molecule has 0 aliphatic carbocycles. The highest BCUT2D eigenvalue weighted by Crippen LogP contribution is 2.12. The van der Waals surface area contributed by atoms with E-state index in [1.54, 1.807) is 16.3 Å². The van der Waals surface area contributed by atoms with Gasteiger partial charge in [-0.05, 0) is 12.1 Å². The van der Waals surface area contributed by atoms with Crippen molar-refractivity contribution in [1.82, 2.24) is 35.4 Å². The van der Waals surface area contributed by atoms with Crippen LogP contribution in [0.25, 0.3) is 11.0 Å². The van der Waals surface area contributed by atoms with Crippen molar-refractivity contribution in [2.45, 2.75) is 19.5 Å². The number of aromatic nitrogens is 5. The fourth-order valence-corrected chi connectivity index (χ4v) is 3.64. The Morgan fingerprint density at radius 3 is 2.96 bits per heavy atom. The van der Waals surface area contributed by atoms with Crippen LogP contribution in [0.3, 0.4) is 0 Å². The second kappa shape index (κ2) is 8.32. The molecule has 8 nitrogen and oxygen atoms in total. The monoisotopic (exact) mass is 395 g/mol. The van der Waals surface area contributed by atoms with E-state index in [4.69, 9.17) is 0 Å². The minimum absolute atomic E-state index is 0.165. The molecule has 3 aromatic heterocycles. The molecule has 4 aromatic rings. The predicted molar refractivity (Wildman–Crippen MR) is 108 cm³/mol. The minimum Gasteiger partial charge on any atom is -0.346 e. The van der Waals surface area contributed by atoms with Gasteiger partial charge in [-0.2, -0.15) is 5.10 Å². The van der Waals surface area contributed by atoms with Gasteiger partial charge in [0.25, 0.3) is 5.91 Å². The predicted octanol–water partition coefficient (Wildman–Crippen LogP) is 2.02. The molecule has 0 saturated heterocycles. The second-order valence-electron chi connectivity index (χ2n) is 6.46. The maximum absolute atomic E-state index is 12.2. The highest BCUT2D eigenvalue weighted by atomic mass is 32.1. The largest absolute Gasteiger partial charge is 0.346 e. The first-order valence-electron chi connectivity index (χ1n) is 9.02. The molecule has 0 bridgehead atoms. The quantitative estimate of drug-likeness (QED) is 0.396. The Balaban J connectivity index is 1.22. The van der Waals surface area contributed by atoms with Crippen LogP contribution in [0.1, 0.15) is 26.9 Å². The van der Waals surface area contributed by atoms with E-state index >= 15 is 0 Å². The summed E-state index contributed by atoms with van der Waals surface area (Å²) in [5.74, 6) is 0.748. The number of carbonyl (C=O) groups is 1. The number of carbonyl (C=O) groups excluding carboxylic acids is 1. The molecule has 3 N–H and O–H groups in total. The van der Waals surface area contributed by atoms with Crippen LogP contribution < -0.4 is 10.6 Å². The first kappa shape index (κ1) is 18.3. The van der Waals surface area contributed by atoms with Crippen LogP contribution in [-0.2, 0) is 26.6 Å². The van der Waals surface area contributed by atoms with Crippen molar-refractivity contribution in [1.29, 1.82) is 0 Å². The lowest BCUT2D eigenvalue weighted by atomic mass is 10.3. The third-order valence-corrected chi connectivity index (χ3v) is 5.15. The fourth-order valence-electron chi connectivity index (χ4n) is 2.86. The first-order chi connectivity index (χ1) is 13.7. The number of rotatable bonds is 8. The summed E-state index contributed by atoms with van der Waals surface area (Å²) in [6, 6.07) is 7.98. The van der Waals surface area contributed by atoms with Crippen LogP contribution in [-0.4, -0.2) is 37.2 Å². The van der Waals surface area contributed by atoms with Gasteiger partial charge in [-0.3, -0.25) is 9.48 Å². The molecule has 0 saturated carbocycles. The van der Waals surface area contributed by atoms with Gasteiger partial charge >= 0.3 is 0 Å². The number of hydrogen-bond donors (Lipinski definition) is 3. The van der Waals surface area contributed by atoms with Gasteiger partial charge in [0.15, 0.2) is 0 Å². The summed E-state index contributed by atoms with van der Waals surface area (Å²) in [5.41, 5.74) is 3.43. The molecule has 28 heavy (non-hydrogen) atoms. The zero-order valence-corrected chi connectivity index (χ0v) is 16.3. The van der Waals surface area contributed by atoms with Gasteiger partial charge in [-0.15, -0.1) is 11.3 Å². The summed E-state index contributed by atoms with van der Waals surface area (Å²) in [5, 5.41) is 13.0. The lowest BCUT2D eigenvalue weighted by Gasteiger charge is -2.01. The third-order valence-electron chi connectivity index (χ3n) is 4.24. The summed E-state index contributed by atoms with van der Waals surface area (Å²) >= 11 is 1.50. The fraction of sp³-hybridized carbons (Fsp3) is 0.263. The van der Waals surface area contributed by atoms with Crippen molar-refractivity contribution in [3.05, 3.63) is 64.1 Å². The summed E-state index contributed by atoms with van der Waals surface area (Å²) in [6.07, 6.45) is 4.38. The van der Waals surface area contributed by atoms with Gasteiger partial charge in [0.2, 0.25) is 0 Å². The number of para-hydroxylation sites is 2. The molecule has 0 fully saturated rings. The Morgan fingerprint density at radius 2 is 2.14 bits per heavy atom. The smallest absolute Gasteiger partial charge is 0.271 e. The van der Waals surface area contributed by atoms with Gasteiger partial charge in [-0.1, -0.05) is 12.1 Å². The van der Waals surface area contributed by atoms with E-state index in [9.17, 15) is 4.79 Å². The SMILES string of the molecule is Cn1cc(CNC(=O)c2csc(CCNCc3nc4ccccc4[nH]3)n2)cn1. The number of amides is 1. The number of benzene rings is 1. The molecule has 4 rings (SSSR count). The van der Waals surface area contributed by atoms with Crippen LogP contribution in [0.2, 0.25) is 0 Å². The van der Waals surface area contributed by atoms with Crippen LogP contribution >= 0.6 is 11.3 Å². The van der Waals surface area contributed by atoms with Crippen molar-refractivity contribution >= 4 is 28.3 Å². The van der Waals surface area contributed by atoms with Gasteiger partial charge in [-0.25, -0.2) is 9.97 Å². The van der Waals surface area contributed by atoms with Crippen LogP contribution in [0, 0.1) is 0 Å². The van der Waals surface area contributed by atoms with Crippen LogP contribution in [0.5, 0.6) is 0 Å². The van der Waals surface area contributed by atoms with E-state index < -0.39 is 0 Å². The number of H-pyrrole nitrogens is 1. The molecule has 1 amide bonds. The maximum Gasteiger partial charge on any atom is 0.271 e. The Hall–Kier alpha value is -3.04. The highest BCUT2D eigenvalue weighted by Gasteiger charge is 2.11. The lowest BCUT2D eigenvalue weighted by molar-refractivity contribution is 0.0946. The van der Waals surface area contributed by atoms with E-state index in [1.165, 1.54) is 11.3 Å². The number of aromatic amines is 1. The molecule has 0 unspecified atom stereocenters. The molecule has 0 radical (unpaired) electrons. The number of hydrogen-bond acceptors (Lipinski definition) is 6. The zero-order valence-electron chi connectivity index (χ0n) is 15.5. The Bertz CT molecular complexity index is 1050. The van der Waals surface area contributed by atoms with Crippen LogP contribution in [0.4, 0.5) is 0 Å². The van der Waals surface area contributed by atoms with E-state index in [-0.39, 0.29) is 5.91 Å². The zero-order chi connectivity index (χ0) is 19.3.